The van der Waals surface area contributed by atoms with Gasteiger partial charge < -0.3 is 19.3 Å². The lowest BCUT2D eigenvalue weighted by molar-refractivity contribution is 0.0986. The van der Waals surface area contributed by atoms with Crippen LogP contribution in [-0.2, 0) is 6.42 Å². The molecule has 130 valence electrons. The van der Waals surface area contributed by atoms with Crippen LogP contribution in [0.3, 0.4) is 0 Å². The van der Waals surface area contributed by atoms with Crippen LogP contribution in [0.2, 0.25) is 0 Å². The quantitative estimate of drug-likeness (QED) is 0.862. The third kappa shape index (κ3) is 2.69. The van der Waals surface area contributed by atoms with E-state index in [1.54, 1.807) is 32.4 Å². The second-order valence-electron chi connectivity index (χ2n) is 6.43. The van der Waals surface area contributed by atoms with Crippen molar-refractivity contribution in [2.24, 2.45) is 0 Å². The van der Waals surface area contributed by atoms with Gasteiger partial charge in [-0.3, -0.25) is 4.79 Å². The van der Waals surface area contributed by atoms with Crippen LogP contribution in [-0.4, -0.2) is 39.8 Å². The van der Waals surface area contributed by atoms with Gasteiger partial charge in [0.05, 0.1) is 25.6 Å². The smallest absolute Gasteiger partial charge is 0.258 e. The van der Waals surface area contributed by atoms with Crippen molar-refractivity contribution in [1.82, 2.24) is 0 Å². The molecule has 0 spiro atoms. The number of carbonyl (C=O) groups is 1. The lowest BCUT2D eigenvalue weighted by Crippen LogP contribution is -2.46. The minimum atomic E-state index is -0.0178. The molecule has 0 atom stereocenters. The fourth-order valence-corrected chi connectivity index (χ4v) is 3.80. The van der Waals surface area contributed by atoms with Crippen LogP contribution in [0, 0.1) is 0 Å². The number of anilines is 2. The molecule has 0 saturated carbocycles. The molecule has 2 aromatic rings. The summed E-state index contributed by atoms with van der Waals surface area (Å²) < 4.78 is 10.6. The van der Waals surface area contributed by atoms with Gasteiger partial charge in [0.15, 0.2) is 0 Å². The van der Waals surface area contributed by atoms with Gasteiger partial charge >= 0.3 is 0 Å². The van der Waals surface area contributed by atoms with Crippen molar-refractivity contribution in [3.05, 3.63) is 47.5 Å². The Balaban J connectivity index is 1.74. The molecule has 0 fully saturated rings. The van der Waals surface area contributed by atoms with Crippen LogP contribution >= 0.6 is 0 Å². The number of benzene rings is 2. The topological polar surface area (TPSA) is 42.0 Å². The van der Waals surface area contributed by atoms with E-state index in [0.717, 1.165) is 25.2 Å². The second-order valence-corrected chi connectivity index (χ2v) is 6.43. The molecule has 0 unspecified atom stereocenters. The van der Waals surface area contributed by atoms with E-state index in [-0.39, 0.29) is 5.91 Å². The molecule has 5 heteroatoms. The molecule has 2 heterocycles. The van der Waals surface area contributed by atoms with E-state index < -0.39 is 0 Å². The van der Waals surface area contributed by atoms with E-state index in [9.17, 15) is 4.79 Å². The van der Waals surface area contributed by atoms with Crippen LogP contribution < -0.4 is 19.3 Å². The summed E-state index contributed by atoms with van der Waals surface area (Å²) in [6, 6.07) is 11.6. The minimum Gasteiger partial charge on any atom is -0.497 e. The molecule has 0 aliphatic carbocycles. The Bertz CT molecular complexity index is 796. The van der Waals surface area contributed by atoms with Crippen LogP contribution in [0.15, 0.2) is 36.4 Å². The standard InChI is InChI=1S/C20H22N2O3/c1-24-16-11-15(12-17(13-16)25-2)20(23)22-10-9-21-8-4-6-14-5-3-7-18(22)19(14)21/h3,5,7,11-13H,4,6,8-10H2,1-2H3. The largest absolute Gasteiger partial charge is 0.497 e. The average molecular weight is 338 g/mol. The van der Waals surface area contributed by atoms with Crippen molar-refractivity contribution in [1.29, 1.82) is 0 Å². The first-order valence-electron chi connectivity index (χ1n) is 8.63. The molecule has 0 radical (unpaired) electrons. The van der Waals surface area contributed by atoms with Crippen LogP contribution in [0.5, 0.6) is 11.5 Å². The highest BCUT2D eigenvalue weighted by Gasteiger charge is 2.31. The van der Waals surface area contributed by atoms with E-state index in [0.29, 0.717) is 23.6 Å². The number of amides is 1. The van der Waals surface area contributed by atoms with Crippen molar-refractivity contribution in [3.8, 4) is 11.5 Å². The predicted molar refractivity (Wildman–Crippen MR) is 98.2 cm³/mol. The zero-order valence-corrected chi connectivity index (χ0v) is 14.6. The summed E-state index contributed by atoms with van der Waals surface area (Å²) in [6.07, 6.45) is 2.26. The summed E-state index contributed by atoms with van der Waals surface area (Å²) in [6.45, 7) is 2.63. The summed E-state index contributed by atoms with van der Waals surface area (Å²) in [5.41, 5.74) is 4.15. The Labute approximate surface area is 147 Å². The number of nitrogens with zero attached hydrogens (tertiary/aromatic N) is 2. The second kappa shape index (κ2) is 6.31. The molecule has 2 aromatic carbocycles. The van der Waals surface area contributed by atoms with Gasteiger partial charge in [0.25, 0.3) is 5.91 Å². The molecule has 2 aliphatic rings. The first kappa shape index (κ1) is 15.8. The molecule has 0 aromatic heterocycles. The Morgan fingerprint density at radius 3 is 2.48 bits per heavy atom. The number of ether oxygens (including phenoxy) is 2. The zero-order valence-electron chi connectivity index (χ0n) is 14.6. The van der Waals surface area contributed by atoms with Gasteiger partial charge in [-0.05, 0) is 36.6 Å². The Morgan fingerprint density at radius 2 is 1.76 bits per heavy atom. The van der Waals surface area contributed by atoms with Crippen molar-refractivity contribution < 1.29 is 14.3 Å². The average Bonchev–Trinajstić information content (AvgIpc) is 2.67. The fourth-order valence-electron chi connectivity index (χ4n) is 3.80. The third-order valence-electron chi connectivity index (χ3n) is 5.02. The monoisotopic (exact) mass is 338 g/mol. The van der Waals surface area contributed by atoms with Crippen molar-refractivity contribution in [2.45, 2.75) is 12.8 Å². The lowest BCUT2D eigenvalue weighted by Gasteiger charge is -2.41. The highest BCUT2D eigenvalue weighted by Crippen LogP contribution is 2.40. The van der Waals surface area contributed by atoms with Gasteiger partial charge in [0.2, 0.25) is 0 Å². The SMILES string of the molecule is COc1cc(OC)cc(C(=O)N2CCN3CCCc4cccc2c43)c1. The minimum absolute atomic E-state index is 0.0178. The summed E-state index contributed by atoms with van der Waals surface area (Å²) in [5.74, 6) is 1.23. The molecule has 2 aliphatic heterocycles. The Kier molecular flexibility index (Phi) is 3.99. The Morgan fingerprint density at radius 1 is 1.00 bits per heavy atom. The first-order valence-corrected chi connectivity index (χ1v) is 8.63. The summed E-state index contributed by atoms with van der Waals surface area (Å²) >= 11 is 0. The molecule has 0 saturated heterocycles. The highest BCUT2D eigenvalue weighted by atomic mass is 16.5. The molecule has 0 bridgehead atoms. The molecule has 25 heavy (non-hydrogen) atoms. The normalized spacial score (nSPS) is 15.6. The maximum Gasteiger partial charge on any atom is 0.258 e. The molecule has 0 N–H and O–H groups in total. The predicted octanol–water partition coefficient (Wildman–Crippen LogP) is 3.12. The maximum atomic E-state index is 13.2. The van der Waals surface area contributed by atoms with E-state index in [1.165, 1.54) is 17.7 Å². The first-order chi connectivity index (χ1) is 12.2. The Hall–Kier alpha value is -2.69. The third-order valence-corrected chi connectivity index (χ3v) is 5.02. The van der Waals surface area contributed by atoms with Gasteiger partial charge in [-0.25, -0.2) is 0 Å². The number of hydrogen-bond acceptors (Lipinski definition) is 4. The number of para-hydroxylation sites is 1. The van der Waals surface area contributed by atoms with E-state index in [2.05, 4.69) is 17.0 Å². The maximum absolute atomic E-state index is 13.2. The van der Waals surface area contributed by atoms with E-state index in [4.69, 9.17) is 9.47 Å². The summed E-state index contributed by atoms with van der Waals surface area (Å²) in [7, 11) is 3.19. The van der Waals surface area contributed by atoms with Crippen LogP contribution in [0.1, 0.15) is 22.3 Å². The lowest BCUT2D eigenvalue weighted by atomic mass is 9.97. The molecular weight excluding hydrogens is 316 g/mol. The molecule has 4 rings (SSSR count). The fraction of sp³-hybridized carbons (Fsp3) is 0.350. The number of carbonyl (C=O) groups excluding carboxylic acids is 1. The van der Waals surface area contributed by atoms with Gasteiger partial charge in [-0.1, -0.05) is 12.1 Å². The van der Waals surface area contributed by atoms with E-state index >= 15 is 0 Å². The summed E-state index contributed by atoms with van der Waals surface area (Å²) in [4.78, 5) is 17.5. The van der Waals surface area contributed by atoms with Crippen molar-refractivity contribution in [2.75, 3.05) is 43.7 Å². The van der Waals surface area contributed by atoms with Crippen LogP contribution in [0.4, 0.5) is 11.4 Å². The highest BCUT2D eigenvalue weighted by molar-refractivity contribution is 6.09. The number of rotatable bonds is 3. The van der Waals surface area contributed by atoms with Gasteiger partial charge in [-0.2, -0.15) is 0 Å². The van der Waals surface area contributed by atoms with Gasteiger partial charge in [0, 0.05) is 31.3 Å². The van der Waals surface area contributed by atoms with Gasteiger partial charge in [-0.15, -0.1) is 0 Å². The molecule has 5 nitrogen and oxygen atoms in total. The zero-order chi connectivity index (χ0) is 17.4. The van der Waals surface area contributed by atoms with Gasteiger partial charge in [0.1, 0.15) is 11.5 Å². The summed E-state index contributed by atoms with van der Waals surface area (Å²) in [5, 5.41) is 0. The number of hydrogen-bond donors (Lipinski definition) is 0. The van der Waals surface area contributed by atoms with Crippen molar-refractivity contribution in [3.63, 3.8) is 0 Å². The number of aryl methyl sites for hydroxylation is 1. The van der Waals surface area contributed by atoms with Crippen molar-refractivity contribution >= 4 is 17.3 Å². The van der Waals surface area contributed by atoms with E-state index in [1.807, 2.05) is 11.0 Å². The van der Waals surface area contributed by atoms with Crippen LogP contribution in [0.25, 0.3) is 0 Å². The molecule has 1 amide bonds. The molecular formula is C20H22N2O3. The number of methoxy groups -OCH3 is 2.